The first-order valence-corrected chi connectivity index (χ1v) is 8.14. The molecule has 1 nitrogen and oxygen atoms in total. The quantitative estimate of drug-likeness (QED) is 0.821. The molecule has 2 fully saturated rings. The van der Waals surface area contributed by atoms with Crippen molar-refractivity contribution in [1.29, 1.82) is 0 Å². The summed E-state index contributed by atoms with van der Waals surface area (Å²) in [5.41, 5.74) is 2.91. The van der Waals surface area contributed by atoms with E-state index in [1.54, 1.807) is 6.42 Å². The third-order valence-electron chi connectivity index (χ3n) is 6.03. The molecule has 1 aliphatic heterocycles. The lowest BCUT2D eigenvalue weighted by Gasteiger charge is -2.36. The van der Waals surface area contributed by atoms with Gasteiger partial charge >= 0.3 is 0 Å². The van der Waals surface area contributed by atoms with Gasteiger partial charge in [0.25, 0.3) is 0 Å². The largest absolute Gasteiger partial charge is 0.382 e. The molecule has 19 heavy (non-hydrogen) atoms. The fourth-order valence-corrected chi connectivity index (χ4v) is 4.95. The van der Waals surface area contributed by atoms with Crippen LogP contribution in [0.5, 0.6) is 0 Å². The molecule has 2 saturated carbocycles. The van der Waals surface area contributed by atoms with Crippen LogP contribution in [0.3, 0.4) is 0 Å². The van der Waals surface area contributed by atoms with Crippen molar-refractivity contribution in [3.05, 3.63) is 29.8 Å². The maximum Gasteiger partial charge on any atom is 0.0375 e. The molecule has 5 atom stereocenters. The van der Waals surface area contributed by atoms with Crippen molar-refractivity contribution in [3.63, 3.8) is 0 Å². The van der Waals surface area contributed by atoms with Crippen LogP contribution in [0.15, 0.2) is 24.3 Å². The number of anilines is 1. The van der Waals surface area contributed by atoms with E-state index in [0.29, 0.717) is 6.04 Å². The third-order valence-corrected chi connectivity index (χ3v) is 6.03. The van der Waals surface area contributed by atoms with Gasteiger partial charge in [-0.2, -0.15) is 0 Å². The molecule has 2 bridgehead atoms. The minimum Gasteiger partial charge on any atom is -0.382 e. The molecule has 0 spiro atoms. The molecule has 1 aromatic rings. The Morgan fingerprint density at radius 2 is 2.05 bits per heavy atom. The van der Waals surface area contributed by atoms with Crippen LogP contribution in [-0.4, -0.2) is 6.04 Å². The molecular weight excluding hydrogens is 230 g/mol. The fourth-order valence-electron chi connectivity index (χ4n) is 4.95. The standard InChI is InChI=1S/C18H25N/c1-12-8-15-4-2-3-5-17(15)19-18(12)11-16-10-13-6-7-14(16)9-13/h2-5,12-14,16,18-19H,6-11H2,1H3. The summed E-state index contributed by atoms with van der Waals surface area (Å²) in [4.78, 5) is 0. The third kappa shape index (κ3) is 2.07. The summed E-state index contributed by atoms with van der Waals surface area (Å²) in [6.45, 7) is 2.43. The highest BCUT2D eigenvalue weighted by Gasteiger charge is 2.41. The zero-order valence-electron chi connectivity index (χ0n) is 11.9. The van der Waals surface area contributed by atoms with Crippen LogP contribution in [0.4, 0.5) is 5.69 Å². The van der Waals surface area contributed by atoms with Gasteiger partial charge in [-0.15, -0.1) is 0 Å². The highest BCUT2D eigenvalue weighted by molar-refractivity contribution is 5.54. The molecule has 0 aromatic heterocycles. The van der Waals surface area contributed by atoms with Crippen molar-refractivity contribution in [2.24, 2.45) is 23.7 Å². The van der Waals surface area contributed by atoms with Gasteiger partial charge < -0.3 is 5.32 Å². The van der Waals surface area contributed by atoms with Crippen molar-refractivity contribution in [1.82, 2.24) is 0 Å². The minimum absolute atomic E-state index is 0.708. The second kappa shape index (κ2) is 4.54. The van der Waals surface area contributed by atoms with E-state index >= 15 is 0 Å². The Kier molecular flexibility index (Phi) is 2.82. The topological polar surface area (TPSA) is 12.0 Å². The Labute approximate surface area is 116 Å². The van der Waals surface area contributed by atoms with Crippen LogP contribution in [0, 0.1) is 23.7 Å². The van der Waals surface area contributed by atoms with Crippen molar-refractivity contribution in [2.45, 2.75) is 51.5 Å². The first kappa shape index (κ1) is 11.8. The van der Waals surface area contributed by atoms with Crippen LogP contribution in [0.25, 0.3) is 0 Å². The Hall–Kier alpha value is -0.980. The summed E-state index contributed by atoms with van der Waals surface area (Å²) in [6, 6.07) is 9.58. The van der Waals surface area contributed by atoms with Crippen LogP contribution in [0.2, 0.25) is 0 Å². The van der Waals surface area contributed by atoms with Gasteiger partial charge in [-0.25, -0.2) is 0 Å². The van der Waals surface area contributed by atoms with E-state index in [4.69, 9.17) is 0 Å². The second-order valence-corrected chi connectivity index (χ2v) is 7.26. The molecule has 5 unspecified atom stereocenters. The molecule has 3 aliphatic rings. The van der Waals surface area contributed by atoms with Gasteiger partial charge in [-0.1, -0.05) is 31.5 Å². The lowest BCUT2D eigenvalue weighted by atomic mass is 9.78. The summed E-state index contributed by atoms with van der Waals surface area (Å²) in [5, 5.41) is 3.83. The average Bonchev–Trinajstić information content (AvgIpc) is 3.02. The van der Waals surface area contributed by atoms with E-state index in [0.717, 1.165) is 23.7 Å². The molecule has 1 heterocycles. The predicted octanol–water partition coefficient (Wildman–Crippen LogP) is 4.49. The monoisotopic (exact) mass is 255 g/mol. The zero-order valence-corrected chi connectivity index (χ0v) is 11.9. The number of benzene rings is 1. The summed E-state index contributed by atoms with van der Waals surface area (Å²) in [5.74, 6) is 3.95. The molecule has 1 N–H and O–H groups in total. The number of nitrogens with one attached hydrogen (secondary N) is 1. The molecule has 0 radical (unpaired) electrons. The van der Waals surface area contributed by atoms with Crippen LogP contribution < -0.4 is 5.32 Å². The first-order valence-electron chi connectivity index (χ1n) is 8.14. The van der Waals surface area contributed by atoms with E-state index in [2.05, 4.69) is 36.5 Å². The number of fused-ring (bicyclic) bond motifs is 3. The van der Waals surface area contributed by atoms with Gasteiger partial charge in [-0.05, 0) is 67.4 Å². The minimum atomic E-state index is 0.708. The maximum atomic E-state index is 3.83. The van der Waals surface area contributed by atoms with E-state index in [1.165, 1.54) is 43.4 Å². The Bertz CT molecular complexity index is 467. The zero-order chi connectivity index (χ0) is 12.8. The average molecular weight is 255 g/mol. The van der Waals surface area contributed by atoms with E-state index in [1.807, 2.05) is 0 Å². The molecule has 1 heteroatoms. The van der Waals surface area contributed by atoms with Crippen molar-refractivity contribution in [2.75, 3.05) is 5.32 Å². The summed E-state index contributed by atoms with van der Waals surface area (Å²) >= 11 is 0. The van der Waals surface area contributed by atoms with Crippen LogP contribution >= 0.6 is 0 Å². The Balaban J connectivity index is 1.47. The molecule has 2 aliphatic carbocycles. The van der Waals surface area contributed by atoms with Crippen molar-refractivity contribution in [3.8, 4) is 0 Å². The molecule has 0 saturated heterocycles. The van der Waals surface area contributed by atoms with Gasteiger partial charge in [0.2, 0.25) is 0 Å². The van der Waals surface area contributed by atoms with Gasteiger partial charge in [0.1, 0.15) is 0 Å². The van der Waals surface area contributed by atoms with E-state index in [9.17, 15) is 0 Å². The number of hydrogen-bond acceptors (Lipinski definition) is 1. The molecular formula is C18H25N. The van der Waals surface area contributed by atoms with Gasteiger partial charge in [0.05, 0.1) is 0 Å². The molecule has 1 aromatic carbocycles. The van der Waals surface area contributed by atoms with Gasteiger partial charge in [0, 0.05) is 11.7 Å². The highest BCUT2D eigenvalue weighted by Crippen LogP contribution is 2.50. The predicted molar refractivity (Wildman–Crippen MR) is 80.3 cm³/mol. The van der Waals surface area contributed by atoms with E-state index < -0.39 is 0 Å². The number of para-hydroxylation sites is 1. The van der Waals surface area contributed by atoms with E-state index in [-0.39, 0.29) is 0 Å². The molecule has 0 amide bonds. The number of hydrogen-bond donors (Lipinski definition) is 1. The SMILES string of the molecule is CC1Cc2ccccc2NC1CC1CC2CCC1C2. The Morgan fingerprint density at radius 1 is 1.16 bits per heavy atom. The maximum absolute atomic E-state index is 3.83. The van der Waals surface area contributed by atoms with Crippen molar-refractivity contribution < 1.29 is 0 Å². The molecule has 4 rings (SSSR count). The summed E-state index contributed by atoms with van der Waals surface area (Å²) in [6.07, 6.45) is 8.79. The first-order chi connectivity index (χ1) is 9.29. The lowest BCUT2D eigenvalue weighted by Crippen LogP contribution is -2.36. The lowest BCUT2D eigenvalue weighted by molar-refractivity contribution is 0.273. The van der Waals surface area contributed by atoms with Gasteiger partial charge in [-0.3, -0.25) is 0 Å². The normalized spacial score (nSPS) is 39.9. The molecule has 102 valence electrons. The smallest absolute Gasteiger partial charge is 0.0375 e. The second-order valence-electron chi connectivity index (χ2n) is 7.26. The Morgan fingerprint density at radius 3 is 2.84 bits per heavy atom. The van der Waals surface area contributed by atoms with Crippen LogP contribution in [-0.2, 0) is 6.42 Å². The highest BCUT2D eigenvalue weighted by atomic mass is 14.9. The van der Waals surface area contributed by atoms with Crippen LogP contribution in [0.1, 0.15) is 44.6 Å². The summed E-state index contributed by atoms with van der Waals surface area (Å²) in [7, 11) is 0. The summed E-state index contributed by atoms with van der Waals surface area (Å²) < 4.78 is 0. The van der Waals surface area contributed by atoms with Gasteiger partial charge in [0.15, 0.2) is 0 Å². The number of rotatable bonds is 2. The van der Waals surface area contributed by atoms with Crippen molar-refractivity contribution >= 4 is 5.69 Å². The fraction of sp³-hybridized carbons (Fsp3) is 0.667.